The topological polar surface area (TPSA) is 27.1 Å². The van der Waals surface area contributed by atoms with Crippen LogP contribution in [0.3, 0.4) is 0 Å². The summed E-state index contributed by atoms with van der Waals surface area (Å²) in [6, 6.07) is 8.62. The molecule has 5 heteroatoms. The van der Waals surface area contributed by atoms with Gasteiger partial charge in [0, 0.05) is 41.5 Å². The molecule has 0 radical (unpaired) electrons. The van der Waals surface area contributed by atoms with Gasteiger partial charge in [0.05, 0.1) is 12.3 Å². The van der Waals surface area contributed by atoms with Crippen molar-refractivity contribution in [3.05, 3.63) is 52.9 Å². The zero-order valence-corrected chi connectivity index (χ0v) is 14.3. The molecule has 0 spiro atoms. The van der Waals surface area contributed by atoms with Gasteiger partial charge in [0.1, 0.15) is 10.8 Å². The van der Waals surface area contributed by atoms with E-state index in [1.165, 1.54) is 23.5 Å². The number of ether oxygens (including phenoxy) is 1. The summed E-state index contributed by atoms with van der Waals surface area (Å²) in [7, 11) is 1.71. The molecule has 0 unspecified atom stereocenters. The number of nitrogens with zero attached hydrogens (tertiary/aromatic N) is 2. The van der Waals surface area contributed by atoms with Crippen molar-refractivity contribution in [1.82, 2.24) is 9.55 Å². The molecule has 120 valence electrons. The summed E-state index contributed by atoms with van der Waals surface area (Å²) in [6.45, 7) is 5.73. The van der Waals surface area contributed by atoms with Gasteiger partial charge >= 0.3 is 0 Å². The monoisotopic (exact) mass is 330 g/mol. The Balaban J connectivity index is 1.93. The number of hydrogen-bond acceptors (Lipinski definition) is 3. The van der Waals surface area contributed by atoms with Crippen LogP contribution in [0.15, 0.2) is 35.7 Å². The molecule has 0 aliphatic rings. The molecular formula is C18H19FN2OS. The van der Waals surface area contributed by atoms with E-state index in [-0.39, 0.29) is 5.82 Å². The van der Waals surface area contributed by atoms with Crippen molar-refractivity contribution in [3.63, 3.8) is 0 Å². The highest BCUT2D eigenvalue weighted by Crippen LogP contribution is 2.32. The average Bonchev–Trinajstić information content (AvgIpc) is 3.12. The summed E-state index contributed by atoms with van der Waals surface area (Å²) in [6.07, 6.45) is 0. The van der Waals surface area contributed by atoms with Crippen LogP contribution in [0.1, 0.15) is 11.4 Å². The van der Waals surface area contributed by atoms with Gasteiger partial charge in [0.2, 0.25) is 0 Å². The highest BCUT2D eigenvalue weighted by Gasteiger charge is 2.14. The Bertz CT molecular complexity index is 805. The Hall–Kier alpha value is -1.98. The molecule has 3 aromatic rings. The van der Waals surface area contributed by atoms with Gasteiger partial charge in [-0.15, -0.1) is 11.3 Å². The number of aryl methyl sites for hydroxylation is 1. The van der Waals surface area contributed by atoms with E-state index in [4.69, 9.17) is 9.72 Å². The van der Waals surface area contributed by atoms with Crippen LogP contribution in [0.5, 0.6) is 0 Å². The quantitative estimate of drug-likeness (QED) is 0.679. The maximum absolute atomic E-state index is 13.0. The molecule has 0 aliphatic carbocycles. The Kier molecular flexibility index (Phi) is 4.59. The molecule has 0 saturated heterocycles. The van der Waals surface area contributed by atoms with E-state index in [1.54, 1.807) is 30.6 Å². The molecule has 0 aliphatic heterocycles. The van der Waals surface area contributed by atoms with Gasteiger partial charge in [0.25, 0.3) is 0 Å². The summed E-state index contributed by atoms with van der Waals surface area (Å²) in [4.78, 5) is 4.73. The van der Waals surface area contributed by atoms with E-state index in [1.807, 2.05) is 0 Å². The van der Waals surface area contributed by atoms with Crippen molar-refractivity contribution in [3.8, 4) is 21.8 Å². The van der Waals surface area contributed by atoms with E-state index in [9.17, 15) is 4.39 Å². The Morgan fingerprint density at radius 3 is 2.65 bits per heavy atom. The van der Waals surface area contributed by atoms with Gasteiger partial charge in [-0.3, -0.25) is 0 Å². The summed E-state index contributed by atoms with van der Waals surface area (Å²) >= 11 is 1.58. The molecule has 2 heterocycles. The van der Waals surface area contributed by atoms with E-state index in [2.05, 4.69) is 29.9 Å². The normalized spacial score (nSPS) is 11.1. The number of hydrogen-bond donors (Lipinski definition) is 0. The molecule has 3 rings (SSSR count). The van der Waals surface area contributed by atoms with Crippen LogP contribution in [0.4, 0.5) is 4.39 Å². The Labute approximate surface area is 139 Å². The first-order valence-electron chi connectivity index (χ1n) is 7.47. The van der Waals surface area contributed by atoms with Gasteiger partial charge in [-0.05, 0) is 44.2 Å². The highest BCUT2D eigenvalue weighted by molar-refractivity contribution is 7.13. The molecule has 0 atom stereocenters. The fourth-order valence-corrected chi connectivity index (χ4v) is 3.54. The summed E-state index contributed by atoms with van der Waals surface area (Å²) in [5.74, 6) is -0.229. The van der Waals surface area contributed by atoms with Gasteiger partial charge < -0.3 is 9.30 Å². The van der Waals surface area contributed by atoms with Crippen LogP contribution in [-0.2, 0) is 11.3 Å². The SMILES string of the molecule is COCCn1c(C)cc(-c2csc(-c3ccc(F)cc3)n2)c1C. The molecular weight excluding hydrogens is 311 g/mol. The van der Waals surface area contributed by atoms with E-state index in [0.717, 1.165) is 28.4 Å². The highest BCUT2D eigenvalue weighted by atomic mass is 32.1. The third kappa shape index (κ3) is 3.21. The van der Waals surface area contributed by atoms with Crippen molar-refractivity contribution in [2.24, 2.45) is 0 Å². The summed E-state index contributed by atoms with van der Waals surface area (Å²) < 4.78 is 20.5. The van der Waals surface area contributed by atoms with Gasteiger partial charge in [-0.2, -0.15) is 0 Å². The number of rotatable bonds is 5. The predicted octanol–water partition coefficient (Wildman–Crippen LogP) is 4.68. The first-order valence-corrected chi connectivity index (χ1v) is 8.35. The van der Waals surface area contributed by atoms with Crippen molar-refractivity contribution >= 4 is 11.3 Å². The lowest BCUT2D eigenvalue weighted by atomic mass is 10.2. The second-order valence-electron chi connectivity index (χ2n) is 5.47. The Morgan fingerprint density at radius 1 is 1.22 bits per heavy atom. The minimum Gasteiger partial charge on any atom is -0.383 e. The number of halogens is 1. The van der Waals surface area contributed by atoms with E-state index >= 15 is 0 Å². The van der Waals surface area contributed by atoms with Crippen LogP contribution in [0, 0.1) is 19.7 Å². The van der Waals surface area contributed by atoms with Gasteiger partial charge in [-0.1, -0.05) is 0 Å². The van der Waals surface area contributed by atoms with Crippen LogP contribution >= 0.6 is 11.3 Å². The number of methoxy groups -OCH3 is 1. The van der Waals surface area contributed by atoms with Crippen LogP contribution < -0.4 is 0 Å². The van der Waals surface area contributed by atoms with Crippen molar-refractivity contribution in [1.29, 1.82) is 0 Å². The minimum absolute atomic E-state index is 0.229. The van der Waals surface area contributed by atoms with Crippen LogP contribution in [0.25, 0.3) is 21.8 Å². The second kappa shape index (κ2) is 6.64. The summed E-state index contributed by atoms with van der Waals surface area (Å²) in [5, 5.41) is 2.96. The maximum Gasteiger partial charge on any atom is 0.124 e. The van der Waals surface area contributed by atoms with Gasteiger partial charge in [0.15, 0.2) is 0 Å². The fraction of sp³-hybridized carbons (Fsp3) is 0.278. The zero-order valence-electron chi connectivity index (χ0n) is 13.5. The van der Waals surface area contributed by atoms with Crippen LogP contribution in [0.2, 0.25) is 0 Å². The number of thiazole rings is 1. The fourth-order valence-electron chi connectivity index (χ4n) is 2.71. The van der Waals surface area contributed by atoms with Crippen molar-refractivity contribution < 1.29 is 9.13 Å². The molecule has 23 heavy (non-hydrogen) atoms. The Morgan fingerprint density at radius 2 is 1.96 bits per heavy atom. The van der Waals surface area contributed by atoms with E-state index < -0.39 is 0 Å². The molecule has 0 saturated carbocycles. The molecule has 0 fully saturated rings. The van der Waals surface area contributed by atoms with Crippen LogP contribution in [-0.4, -0.2) is 23.3 Å². The van der Waals surface area contributed by atoms with Crippen molar-refractivity contribution in [2.45, 2.75) is 20.4 Å². The molecule has 0 amide bonds. The molecule has 3 nitrogen and oxygen atoms in total. The molecule has 0 bridgehead atoms. The zero-order chi connectivity index (χ0) is 16.4. The average molecular weight is 330 g/mol. The first-order chi connectivity index (χ1) is 11.1. The maximum atomic E-state index is 13.0. The van der Waals surface area contributed by atoms with Crippen molar-refractivity contribution in [2.75, 3.05) is 13.7 Å². The molecule has 2 aromatic heterocycles. The minimum atomic E-state index is -0.229. The summed E-state index contributed by atoms with van der Waals surface area (Å²) in [5.41, 5.74) is 5.44. The van der Waals surface area contributed by atoms with Gasteiger partial charge in [-0.25, -0.2) is 9.37 Å². The first kappa shape index (κ1) is 15.9. The third-order valence-electron chi connectivity index (χ3n) is 3.96. The largest absolute Gasteiger partial charge is 0.383 e. The lowest BCUT2D eigenvalue weighted by Gasteiger charge is -2.08. The molecule has 0 N–H and O–H groups in total. The smallest absolute Gasteiger partial charge is 0.124 e. The van der Waals surface area contributed by atoms with E-state index in [0.29, 0.717) is 6.61 Å². The third-order valence-corrected chi connectivity index (χ3v) is 4.86. The standard InChI is InChI=1S/C18H19FN2OS/c1-12-10-16(13(2)21(12)8-9-22-3)17-11-23-18(20-17)14-4-6-15(19)7-5-14/h4-7,10-11H,8-9H2,1-3H3. The lowest BCUT2D eigenvalue weighted by molar-refractivity contribution is 0.186. The predicted molar refractivity (Wildman–Crippen MR) is 92.3 cm³/mol. The number of aromatic nitrogens is 2. The second-order valence-corrected chi connectivity index (χ2v) is 6.33. The number of benzene rings is 1. The lowest BCUT2D eigenvalue weighted by Crippen LogP contribution is -2.07. The molecule has 1 aromatic carbocycles.